The largest absolute Gasteiger partial charge is 0.393 e. The van der Waals surface area contributed by atoms with Gasteiger partial charge in [0, 0.05) is 13.0 Å². The molecule has 0 radical (unpaired) electrons. The molecule has 18 heavy (non-hydrogen) atoms. The summed E-state index contributed by atoms with van der Waals surface area (Å²) in [7, 11) is 0. The van der Waals surface area contributed by atoms with Crippen molar-refractivity contribution >= 4 is 0 Å². The summed E-state index contributed by atoms with van der Waals surface area (Å²) in [5.74, 6) is 0. The van der Waals surface area contributed by atoms with Crippen LogP contribution in [0.2, 0.25) is 0 Å². The molecular formula is C15H22O3. The van der Waals surface area contributed by atoms with Crippen LogP contribution < -0.4 is 0 Å². The van der Waals surface area contributed by atoms with Crippen LogP contribution >= 0.6 is 0 Å². The van der Waals surface area contributed by atoms with Gasteiger partial charge in [-0.2, -0.15) is 0 Å². The van der Waals surface area contributed by atoms with E-state index in [2.05, 4.69) is 24.3 Å². The fourth-order valence-corrected chi connectivity index (χ4v) is 2.15. The molecule has 1 aromatic rings. The monoisotopic (exact) mass is 250 g/mol. The Hall–Kier alpha value is -0.900. The average Bonchev–Trinajstić information content (AvgIpc) is 2.40. The van der Waals surface area contributed by atoms with Crippen molar-refractivity contribution in [2.45, 2.75) is 44.5 Å². The summed E-state index contributed by atoms with van der Waals surface area (Å²) in [6.45, 7) is 1.32. The average molecular weight is 250 g/mol. The van der Waals surface area contributed by atoms with Gasteiger partial charge in [-0.3, -0.25) is 0 Å². The molecule has 2 rings (SSSR count). The van der Waals surface area contributed by atoms with Crippen molar-refractivity contribution in [2.75, 3.05) is 13.2 Å². The van der Waals surface area contributed by atoms with Gasteiger partial charge in [0.15, 0.2) is 6.29 Å². The highest BCUT2D eigenvalue weighted by Crippen LogP contribution is 2.15. The highest BCUT2D eigenvalue weighted by Gasteiger charge is 2.20. The van der Waals surface area contributed by atoms with Crippen molar-refractivity contribution in [3.05, 3.63) is 35.9 Å². The molecule has 1 fully saturated rings. The van der Waals surface area contributed by atoms with Crippen molar-refractivity contribution in [1.82, 2.24) is 0 Å². The van der Waals surface area contributed by atoms with Gasteiger partial charge < -0.3 is 14.6 Å². The van der Waals surface area contributed by atoms with Gasteiger partial charge in [0.2, 0.25) is 0 Å². The van der Waals surface area contributed by atoms with Crippen molar-refractivity contribution in [1.29, 1.82) is 0 Å². The summed E-state index contributed by atoms with van der Waals surface area (Å²) >= 11 is 0. The molecule has 0 aromatic heterocycles. The molecule has 0 amide bonds. The highest BCUT2D eigenvalue weighted by molar-refractivity contribution is 5.14. The first-order valence-electron chi connectivity index (χ1n) is 6.80. The van der Waals surface area contributed by atoms with E-state index in [9.17, 15) is 5.11 Å². The molecule has 2 unspecified atom stereocenters. The van der Waals surface area contributed by atoms with Crippen molar-refractivity contribution < 1.29 is 14.6 Å². The molecule has 1 N–H and O–H groups in total. The standard InChI is InChI=1S/C15H22O3/c16-14-9-11-18-15(12-14)17-10-5-4-8-13-6-2-1-3-7-13/h1-3,6-7,14-16H,4-5,8-12H2. The second kappa shape index (κ2) is 7.52. The van der Waals surface area contributed by atoms with E-state index in [-0.39, 0.29) is 12.4 Å². The number of aliphatic hydroxyl groups is 1. The van der Waals surface area contributed by atoms with Gasteiger partial charge in [-0.05, 0) is 31.2 Å². The SMILES string of the molecule is OC1CCOC(OCCCCc2ccccc2)C1. The van der Waals surface area contributed by atoms with Gasteiger partial charge in [0.05, 0.1) is 12.7 Å². The Labute approximate surface area is 109 Å². The first-order chi connectivity index (χ1) is 8.84. The number of unbranched alkanes of at least 4 members (excludes halogenated alkanes) is 1. The fourth-order valence-electron chi connectivity index (χ4n) is 2.15. The summed E-state index contributed by atoms with van der Waals surface area (Å²) in [4.78, 5) is 0. The summed E-state index contributed by atoms with van der Waals surface area (Å²) in [6.07, 6.45) is 4.13. The van der Waals surface area contributed by atoms with Gasteiger partial charge in [0.25, 0.3) is 0 Å². The minimum absolute atomic E-state index is 0.203. The smallest absolute Gasteiger partial charge is 0.160 e. The molecule has 3 heteroatoms. The number of hydrogen-bond donors (Lipinski definition) is 1. The van der Waals surface area contributed by atoms with E-state index in [4.69, 9.17) is 9.47 Å². The number of aryl methyl sites for hydroxylation is 1. The van der Waals surface area contributed by atoms with Gasteiger partial charge in [0.1, 0.15) is 0 Å². The van der Waals surface area contributed by atoms with Crippen LogP contribution in [0.1, 0.15) is 31.2 Å². The predicted molar refractivity (Wildman–Crippen MR) is 70.3 cm³/mol. The van der Waals surface area contributed by atoms with Gasteiger partial charge in [-0.1, -0.05) is 30.3 Å². The molecule has 0 aliphatic carbocycles. The second-order valence-corrected chi connectivity index (χ2v) is 4.79. The number of aliphatic hydroxyl groups excluding tert-OH is 1. The van der Waals surface area contributed by atoms with Crippen LogP contribution in [-0.4, -0.2) is 30.7 Å². The summed E-state index contributed by atoms with van der Waals surface area (Å²) in [5, 5.41) is 9.47. The Balaban J connectivity index is 1.53. The van der Waals surface area contributed by atoms with Crippen LogP contribution in [0.3, 0.4) is 0 Å². The normalized spacial score (nSPS) is 24.1. The van der Waals surface area contributed by atoms with E-state index in [1.807, 2.05) is 6.07 Å². The van der Waals surface area contributed by atoms with Crippen molar-refractivity contribution in [2.24, 2.45) is 0 Å². The number of rotatable bonds is 6. The van der Waals surface area contributed by atoms with E-state index < -0.39 is 0 Å². The van der Waals surface area contributed by atoms with Crippen LogP contribution in [0.15, 0.2) is 30.3 Å². The number of benzene rings is 1. The Kier molecular flexibility index (Phi) is 5.65. The molecule has 1 saturated heterocycles. The van der Waals surface area contributed by atoms with E-state index in [1.54, 1.807) is 0 Å². The molecular weight excluding hydrogens is 228 g/mol. The quantitative estimate of drug-likeness (QED) is 0.788. The van der Waals surface area contributed by atoms with E-state index >= 15 is 0 Å². The van der Waals surface area contributed by atoms with Gasteiger partial charge in [-0.15, -0.1) is 0 Å². The maximum atomic E-state index is 9.47. The number of hydrogen-bond acceptors (Lipinski definition) is 3. The third-order valence-corrected chi connectivity index (χ3v) is 3.23. The Morgan fingerprint density at radius 3 is 2.83 bits per heavy atom. The molecule has 3 nitrogen and oxygen atoms in total. The zero-order chi connectivity index (χ0) is 12.6. The Morgan fingerprint density at radius 2 is 2.06 bits per heavy atom. The maximum absolute atomic E-state index is 9.47. The first-order valence-corrected chi connectivity index (χ1v) is 6.80. The Morgan fingerprint density at radius 1 is 1.22 bits per heavy atom. The van der Waals surface area contributed by atoms with Crippen molar-refractivity contribution in [3.8, 4) is 0 Å². The van der Waals surface area contributed by atoms with Gasteiger partial charge in [-0.25, -0.2) is 0 Å². The molecule has 0 bridgehead atoms. The molecule has 100 valence electrons. The Bertz CT molecular complexity index is 326. The molecule has 1 aromatic carbocycles. The van der Waals surface area contributed by atoms with Crippen LogP contribution in [0, 0.1) is 0 Å². The van der Waals surface area contributed by atoms with Gasteiger partial charge >= 0.3 is 0 Å². The third kappa shape index (κ3) is 4.77. The summed E-state index contributed by atoms with van der Waals surface area (Å²) < 4.78 is 11.0. The first kappa shape index (κ1) is 13.5. The molecule has 1 aliphatic heterocycles. The van der Waals surface area contributed by atoms with Crippen LogP contribution in [0.25, 0.3) is 0 Å². The maximum Gasteiger partial charge on any atom is 0.160 e. The second-order valence-electron chi connectivity index (χ2n) is 4.79. The van der Waals surface area contributed by atoms with Crippen LogP contribution in [-0.2, 0) is 15.9 Å². The summed E-state index contributed by atoms with van der Waals surface area (Å²) in [5.41, 5.74) is 1.38. The summed E-state index contributed by atoms with van der Waals surface area (Å²) in [6, 6.07) is 10.5. The highest BCUT2D eigenvalue weighted by atomic mass is 16.7. The molecule has 0 saturated carbocycles. The zero-order valence-corrected chi connectivity index (χ0v) is 10.8. The van der Waals surface area contributed by atoms with Crippen LogP contribution in [0.5, 0.6) is 0 Å². The lowest BCUT2D eigenvalue weighted by Gasteiger charge is -2.26. The number of ether oxygens (including phenoxy) is 2. The zero-order valence-electron chi connectivity index (χ0n) is 10.8. The third-order valence-electron chi connectivity index (χ3n) is 3.23. The lowest BCUT2D eigenvalue weighted by atomic mass is 10.1. The molecule has 1 aliphatic rings. The lowest BCUT2D eigenvalue weighted by molar-refractivity contribution is -0.184. The van der Waals surface area contributed by atoms with Crippen molar-refractivity contribution in [3.63, 3.8) is 0 Å². The minimum atomic E-state index is -0.256. The predicted octanol–water partition coefficient (Wildman–Crippen LogP) is 2.52. The fraction of sp³-hybridized carbons (Fsp3) is 0.600. The van der Waals surface area contributed by atoms with E-state index in [1.165, 1.54) is 5.56 Å². The van der Waals surface area contributed by atoms with E-state index in [0.29, 0.717) is 19.6 Å². The lowest BCUT2D eigenvalue weighted by Crippen LogP contribution is -2.31. The molecule has 0 spiro atoms. The molecule has 1 heterocycles. The van der Waals surface area contributed by atoms with E-state index in [0.717, 1.165) is 25.7 Å². The minimum Gasteiger partial charge on any atom is -0.393 e. The topological polar surface area (TPSA) is 38.7 Å². The molecule has 2 atom stereocenters. The van der Waals surface area contributed by atoms with Crippen LogP contribution in [0.4, 0.5) is 0 Å².